The van der Waals surface area contributed by atoms with Gasteiger partial charge in [0.1, 0.15) is 9.71 Å². The van der Waals surface area contributed by atoms with Gasteiger partial charge in [-0.2, -0.15) is 0 Å². The van der Waals surface area contributed by atoms with Gasteiger partial charge in [0.2, 0.25) is 0 Å². The number of nitrogens with zero attached hydrogens (tertiary/aromatic N) is 1. The van der Waals surface area contributed by atoms with Crippen molar-refractivity contribution >= 4 is 33.1 Å². The first-order valence-electron chi connectivity index (χ1n) is 8.82. The molecular weight excluding hydrogens is 342 g/mol. The highest BCUT2D eigenvalue weighted by Gasteiger charge is 2.24. The van der Waals surface area contributed by atoms with E-state index in [1.165, 1.54) is 22.5 Å². The van der Waals surface area contributed by atoms with Gasteiger partial charge in [0.25, 0.3) is 5.91 Å². The van der Waals surface area contributed by atoms with Gasteiger partial charge in [-0.1, -0.05) is 36.4 Å². The van der Waals surface area contributed by atoms with Crippen LogP contribution in [0.25, 0.3) is 10.2 Å². The molecule has 1 amide bonds. The molecule has 3 N–H and O–H groups in total. The minimum Gasteiger partial charge on any atom is -0.397 e. The Morgan fingerprint density at radius 3 is 2.96 bits per heavy atom. The number of nitrogens with one attached hydrogen (secondary N) is 1. The minimum atomic E-state index is -0.162. The maximum atomic E-state index is 12.3. The zero-order valence-electron chi connectivity index (χ0n) is 14.5. The number of hydrogen-bond acceptors (Lipinski definition) is 4. The standard InChI is InChI=1S/C21H21N3OS/c1-2-10-23-20(25)19-18(22)16-12-15-11-14(13-6-4-3-5-7-13)8-9-17(15)24-21(16)26-19/h2-7,12,14H,1,8-11,22H2,(H,23,25). The lowest BCUT2D eigenvalue weighted by Crippen LogP contribution is -2.22. The van der Waals surface area contributed by atoms with E-state index in [4.69, 9.17) is 10.7 Å². The van der Waals surface area contributed by atoms with Crippen LogP contribution in [0.2, 0.25) is 0 Å². The number of hydrogen-bond donors (Lipinski definition) is 2. The molecule has 1 unspecified atom stereocenters. The Balaban J connectivity index is 1.68. The normalized spacial score (nSPS) is 16.2. The molecule has 2 heterocycles. The molecular formula is C21H21N3OS. The fourth-order valence-electron chi connectivity index (χ4n) is 3.61. The zero-order chi connectivity index (χ0) is 18.1. The van der Waals surface area contributed by atoms with Gasteiger partial charge < -0.3 is 11.1 Å². The lowest BCUT2D eigenvalue weighted by molar-refractivity contribution is 0.0963. The summed E-state index contributed by atoms with van der Waals surface area (Å²) in [7, 11) is 0. The molecule has 0 aliphatic heterocycles. The average Bonchev–Trinajstić information content (AvgIpc) is 3.00. The Morgan fingerprint density at radius 2 is 2.19 bits per heavy atom. The zero-order valence-corrected chi connectivity index (χ0v) is 15.3. The molecule has 1 aliphatic rings. The van der Waals surface area contributed by atoms with Crippen LogP contribution in [-0.2, 0) is 12.8 Å². The summed E-state index contributed by atoms with van der Waals surface area (Å²) < 4.78 is 0. The van der Waals surface area contributed by atoms with Crippen LogP contribution in [0, 0.1) is 0 Å². The summed E-state index contributed by atoms with van der Waals surface area (Å²) in [5.74, 6) is 0.351. The molecule has 5 heteroatoms. The van der Waals surface area contributed by atoms with Crippen molar-refractivity contribution in [3.8, 4) is 0 Å². The van der Waals surface area contributed by atoms with Crippen molar-refractivity contribution in [1.29, 1.82) is 0 Å². The second kappa shape index (κ2) is 6.92. The number of anilines is 1. The number of thiophene rings is 1. The first-order chi connectivity index (χ1) is 12.7. The summed E-state index contributed by atoms with van der Waals surface area (Å²) in [5, 5.41) is 3.69. The highest BCUT2D eigenvalue weighted by molar-refractivity contribution is 7.21. The fraction of sp³-hybridized carbons (Fsp3) is 0.238. The summed E-state index contributed by atoms with van der Waals surface area (Å²) in [5.41, 5.74) is 10.6. The number of carbonyl (C=O) groups excluding carboxylic acids is 1. The number of aryl methyl sites for hydroxylation is 1. The van der Waals surface area contributed by atoms with Crippen molar-refractivity contribution in [3.05, 3.63) is 70.8 Å². The number of rotatable bonds is 4. The Bertz CT molecular complexity index is 978. The Hall–Kier alpha value is -2.66. The molecule has 1 atom stereocenters. The summed E-state index contributed by atoms with van der Waals surface area (Å²) in [4.78, 5) is 18.5. The summed E-state index contributed by atoms with van der Waals surface area (Å²) in [6.45, 7) is 4.05. The third-order valence-electron chi connectivity index (χ3n) is 4.97. The van der Waals surface area contributed by atoms with Crippen LogP contribution in [0.3, 0.4) is 0 Å². The number of benzene rings is 1. The maximum Gasteiger partial charge on any atom is 0.263 e. The van der Waals surface area contributed by atoms with E-state index in [-0.39, 0.29) is 5.91 Å². The van der Waals surface area contributed by atoms with Gasteiger partial charge in [-0.15, -0.1) is 17.9 Å². The predicted octanol–water partition coefficient (Wildman–Crippen LogP) is 4.07. The van der Waals surface area contributed by atoms with Crippen LogP contribution in [0.1, 0.15) is 38.8 Å². The Kier molecular flexibility index (Phi) is 4.47. The monoisotopic (exact) mass is 363 g/mol. The van der Waals surface area contributed by atoms with Crippen LogP contribution in [0.15, 0.2) is 49.1 Å². The second-order valence-corrected chi connectivity index (χ2v) is 7.64. The van der Waals surface area contributed by atoms with Gasteiger partial charge in [-0.05, 0) is 42.4 Å². The molecule has 0 fully saturated rings. The first kappa shape index (κ1) is 16.8. The molecule has 3 aromatic rings. The lowest BCUT2D eigenvalue weighted by atomic mass is 9.82. The van der Waals surface area contributed by atoms with Gasteiger partial charge in [-0.25, -0.2) is 4.98 Å². The highest BCUT2D eigenvalue weighted by Crippen LogP contribution is 2.38. The van der Waals surface area contributed by atoms with E-state index in [1.807, 2.05) is 0 Å². The van der Waals surface area contributed by atoms with E-state index in [9.17, 15) is 4.79 Å². The third kappa shape index (κ3) is 2.99. The molecule has 0 saturated carbocycles. The molecule has 4 rings (SSSR count). The second-order valence-electron chi connectivity index (χ2n) is 6.64. The van der Waals surface area contributed by atoms with E-state index < -0.39 is 0 Å². The summed E-state index contributed by atoms with van der Waals surface area (Å²) in [6.07, 6.45) is 4.68. The van der Waals surface area contributed by atoms with Crippen molar-refractivity contribution in [2.24, 2.45) is 0 Å². The number of pyridine rings is 1. The fourth-order valence-corrected chi connectivity index (χ4v) is 4.63. The molecule has 0 spiro atoms. The highest BCUT2D eigenvalue weighted by atomic mass is 32.1. The van der Waals surface area contributed by atoms with Crippen LogP contribution in [0.5, 0.6) is 0 Å². The van der Waals surface area contributed by atoms with E-state index in [0.717, 1.165) is 35.2 Å². The van der Waals surface area contributed by atoms with E-state index in [1.54, 1.807) is 6.08 Å². The van der Waals surface area contributed by atoms with Crippen LogP contribution < -0.4 is 11.1 Å². The molecule has 4 nitrogen and oxygen atoms in total. The van der Waals surface area contributed by atoms with Crippen molar-refractivity contribution in [3.63, 3.8) is 0 Å². The van der Waals surface area contributed by atoms with Crippen LogP contribution in [0.4, 0.5) is 5.69 Å². The van der Waals surface area contributed by atoms with Crippen LogP contribution >= 0.6 is 11.3 Å². The number of nitrogen functional groups attached to an aromatic ring is 1. The topological polar surface area (TPSA) is 68.0 Å². The van der Waals surface area contributed by atoms with Crippen molar-refractivity contribution in [2.45, 2.75) is 25.2 Å². The molecule has 1 aliphatic carbocycles. The Morgan fingerprint density at radius 1 is 1.38 bits per heavy atom. The lowest BCUT2D eigenvalue weighted by Gasteiger charge is -2.24. The molecule has 0 saturated heterocycles. The Labute approximate surface area is 156 Å². The van der Waals surface area contributed by atoms with E-state index in [0.29, 0.717) is 23.0 Å². The number of fused-ring (bicyclic) bond motifs is 2. The summed E-state index contributed by atoms with van der Waals surface area (Å²) in [6, 6.07) is 12.8. The van der Waals surface area contributed by atoms with Crippen molar-refractivity contribution < 1.29 is 4.79 Å². The van der Waals surface area contributed by atoms with Gasteiger partial charge in [-0.3, -0.25) is 4.79 Å². The summed E-state index contributed by atoms with van der Waals surface area (Å²) >= 11 is 1.37. The molecule has 0 bridgehead atoms. The quantitative estimate of drug-likeness (QED) is 0.687. The number of aromatic nitrogens is 1. The van der Waals surface area contributed by atoms with Gasteiger partial charge in [0.15, 0.2) is 0 Å². The third-order valence-corrected chi connectivity index (χ3v) is 6.08. The average molecular weight is 363 g/mol. The predicted molar refractivity (Wildman–Crippen MR) is 108 cm³/mol. The van der Waals surface area contributed by atoms with Gasteiger partial charge >= 0.3 is 0 Å². The first-order valence-corrected chi connectivity index (χ1v) is 9.64. The number of nitrogens with two attached hydrogens (primary N) is 1. The van der Waals surface area contributed by atoms with Gasteiger partial charge in [0.05, 0.1) is 5.69 Å². The van der Waals surface area contributed by atoms with E-state index in [2.05, 4.69) is 48.3 Å². The molecule has 26 heavy (non-hydrogen) atoms. The molecule has 132 valence electrons. The van der Waals surface area contributed by atoms with Crippen molar-refractivity contribution in [1.82, 2.24) is 10.3 Å². The van der Waals surface area contributed by atoms with Crippen molar-refractivity contribution in [2.75, 3.05) is 12.3 Å². The number of carbonyl (C=O) groups is 1. The molecule has 0 radical (unpaired) electrons. The maximum absolute atomic E-state index is 12.3. The number of amides is 1. The van der Waals surface area contributed by atoms with Gasteiger partial charge in [0, 0.05) is 17.6 Å². The molecule has 2 aromatic heterocycles. The SMILES string of the molecule is C=CCNC(=O)c1sc2nc3c(cc2c1N)CC(c1ccccc1)CC3. The molecule has 1 aromatic carbocycles. The van der Waals surface area contributed by atoms with Crippen LogP contribution in [-0.4, -0.2) is 17.4 Å². The largest absolute Gasteiger partial charge is 0.397 e. The van der Waals surface area contributed by atoms with E-state index >= 15 is 0 Å². The minimum absolute atomic E-state index is 0.162. The smallest absolute Gasteiger partial charge is 0.263 e.